The highest BCUT2D eigenvalue weighted by molar-refractivity contribution is 6.05. The Bertz CT molecular complexity index is 371. The number of carbonyl (C=O) groups is 2. The number of rotatable bonds is 5. The van der Waals surface area contributed by atoms with E-state index in [2.05, 4.69) is 5.32 Å². The highest BCUT2D eigenvalue weighted by Crippen LogP contribution is 2.29. The summed E-state index contributed by atoms with van der Waals surface area (Å²) in [6, 6.07) is -0.0545. The average molecular weight is 278 g/mol. The van der Waals surface area contributed by atoms with Crippen molar-refractivity contribution in [1.82, 2.24) is 10.2 Å². The van der Waals surface area contributed by atoms with Crippen molar-refractivity contribution in [3.63, 3.8) is 0 Å². The predicted octanol–water partition coefficient (Wildman–Crippen LogP) is 2.23. The molecule has 0 bridgehead atoms. The van der Waals surface area contributed by atoms with Gasteiger partial charge in [0.05, 0.1) is 12.5 Å². The van der Waals surface area contributed by atoms with E-state index in [0.29, 0.717) is 6.42 Å². The molecule has 20 heavy (non-hydrogen) atoms. The number of nitrogens with one attached hydrogen (secondary N) is 1. The second-order valence-corrected chi connectivity index (χ2v) is 6.69. The van der Waals surface area contributed by atoms with Gasteiger partial charge in [0, 0.05) is 6.04 Å². The van der Waals surface area contributed by atoms with Crippen LogP contribution in [-0.2, 0) is 9.59 Å². The first-order chi connectivity index (χ1) is 9.75. The molecule has 3 aliphatic rings. The summed E-state index contributed by atoms with van der Waals surface area (Å²) >= 11 is 0. The summed E-state index contributed by atoms with van der Waals surface area (Å²) < 4.78 is 0. The van der Waals surface area contributed by atoms with Gasteiger partial charge in [0.25, 0.3) is 0 Å². The summed E-state index contributed by atoms with van der Waals surface area (Å²) in [6.07, 6.45) is 11.3. The third-order valence-corrected chi connectivity index (χ3v) is 5.29. The molecular weight excluding hydrogens is 252 g/mol. The van der Waals surface area contributed by atoms with Gasteiger partial charge in [0.2, 0.25) is 11.8 Å². The molecule has 4 heteroatoms. The molecule has 3 rings (SSSR count). The summed E-state index contributed by atoms with van der Waals surface area (Å²) in [4.78, 5) is 26.0. The largest absolute Gasteiger partial charge is 0.305 e. The van der Waals surface area contributed by atoms with Gasteiger partial charge in [-0.3, -0.25) is 14.5 Å². The third kappa shape index (κ3) is 2.90. The first-order valence-electron chi connectivity index (χ1n) is 8.35. The SMILES string of the molecule is O=C1CC(NCCC2CCCC2)C(=O)N1C1CCCC1. The molecule has 0 aromatic carbocycles. The zero-order valence-corrected chi connectivity index (χ0v) is 12.3. The van der Waals surface area contributed by atoms with Crippen LogP contribution >= 0.6 is 0 Å². The number of imide groups is 1. The summed E-state index contributed by atoms with van der Waals surface area (Å²) in [5.41, 5.74) is 0. The second kappa shape index (κ2) is 6.25. The van der Waals surface area contributed by atoms with Gasteiger partial charge < -0.3 is 5.32 Å². The van der Waals surface area contributed by atoms with E-state index in [1.807, 2.05) is 0 Å². The van der Waals surface area contributed by atoms with Crippen molar-refractivity contribution in [1.29, 1.82) is 0 Å². The Morgan fingerprint density at radius 3 is 2.35 bits per heavy atom. The van der Waals surface area contributed by atoms with Crippen molar-refractivity contribution >= 4 is 11.8 Å². The maximum atomic E-state index is 12.4. The van der Waals surface area contributed by atoms with Crippen LogP contribution in [0.2, 0.25) is 0 Å². The molecule has 1 N–H and O–H groups in total. The van der Waals surface area contributed by atoms with E-state index in [4.69, 9.17) is 0 Å². The Kier molecular flexibility index (Phi) is 4.39. The Hall–Kier alpha value is -0.900. The molecule has 4 nitrogen and oxygen atoms in total. The molecule has 3 fully saturated rings. The lowest BCUT2D eigenvalue weighted by molar-refractivity contribution is -0.141. The Labute approximate surface area is 121 Å². The normalized spacial score (nSPS) is 29.0. The van der Waals surface area contributed by atoms with Crippen LogP contribution in [0.5, 0.6) is 0 Å². The lowest BCUT2D eigenvalue weighted by atomic mass is 10.0. The molecule has 0 radical (unpaired) electrons. The van der Waals surface area contributed by atoms with Crippen LogP contribution in [0.4, 0.5) is 0 Å². The lowest BCUT2D eigenvalue weighted by Crippen LogP contribution is -2.43. The molecular formula is C16H26N2O2. The molecule has 0 aromatic heterocycles. The van der Waals surface area contributed by atoms with Crippen molar-refractivity contribution in [3.8, 4) is 0 Å². The van der Waals surface area contributed by atoms with Crippen LogP contribution in [0, 0.1) is 5.92 Å². The topological polar surface area (TPSA) is 49.4 Å². The van der Waals surface area contributed by atoms with Gasteiger partial charge in [-0.15, -0.1) is 0 Å². The molecule has 1 heterocycles. The maximum Gasteiger partial charge on any atom is 0.247 e. The number of likely N-dealkylation sites (tertiary alicyclic amines) is 1. The third-order valence-electron chi connectivity index (χ3n) is 5.29. The van der Waals surface area contributed by atoms with Crippen LogP contribution < -0.4 is 5.32 Å². The first kappa shape index (κ1) is 14.1. The van der Waals surface area contributed by atoms with E-state index in [1.165, 1.54) is 25.7 Å². The minimum atomic E-state index is -0.246. The average Bonchev–Trinajstić information content (AvgIpc) is 3.13. The van der Waals surface area contributed by atoms with Crippen LogP contribution in [0.25, 0.3) is 0 Å². The highest BCUT2D eigenvalue weighted by Gasteiger charge is 2.42. The van der Waals surface area contributed by atoms with Gasteiger partial charge in [-0.1, -0.05) is 38.5 Å². The van der Waals surface area contributed by atoms with Crippen LogP contribution in [-0.4, -0.2) is 35.3 Å². The molecule has 2 aliphatic carbocycles. The van der Waals surface area contributed by atoms with E-state index in [-0.39, 0.29) is 23.9 Å². The summed E-state index contributed by atoms with van der Waals surface area (Å²) in [7, 11) is 0. The molecule has 112 valence electrons. The van der Waals surface area contributed by atoms with E-state index >= 15 is 0 Å². The van der Waals surface area contributed by atoms with Crippen molar-refractivity contribution in [2.45, 2.75) is 76.3 Å². The summed E-state index contributed by atoms with van der Waals surface area (Å²) in [5, 5.41) is 3.33. The molecule has 0 aromatic rings. The number of nitrogens with zero attached hydrogens (tertiary/aromatic N) is 1. The smallest absolute Gasteiger partial charge is 0.247 e. The molecule has 2 amide bonds. The predicted molar refractivity (Wildman–Crippen MR) is 77.1 cm³/mol. The maximum absolute atomic E-state index is 12.4. The van der Waals surface area contributed by atoms with Gasteiger partial charge in [-0.25, -0.2) is 0 Å². The van der Waals surface area contributed by atoms with Crippen molar-refractivity contribution in [2.75, 3.05) is 6.54 Å². The monoisotopic (exact) mass is 278 g/mol. The standard InChI is InChI=1S/C16H26N2O2/c19-15-11-14(17-10-9-12-5-1-2-6-12)16(20)18(15)13-7-3-4-8-13/h12-14,17H,1-11H2. The zero-order valence-electron chi connectivity index (χ0n) is 12.3. The van der Waals surface area contributed by atoms with Gasteiger partial charge in [-0.05, 0) is 31.7 Å². The summed E-state index contributed by atoms with van der Waals surface area (Å²) in [6.45, 7) is 0.882. The van der Waals surface area contributed by atoms with Gasteiger partial charge in [0.1, 0.15) is 0 Å². The Morgan fingerprint density at radius 1 is 1.00 bits per heavy atom. The molecule has 0 spiro atoms. The molecule has 1 atom stereocenters. The minimum absolute atomic E-state index is 0.0355. The van der Waals surface area contributed by atoms with Crippen LogP contribution in [0.15, 0.2) is 0 Å². The minimum Gasteiger partial charge on any atom is -0.305 e. The Balaban J connectivity index is 1.47. The van der Waals surface area contributed by atoms with Crippen molar-refractivity contribution in [3.05, 3.63) is 0 Å². The van der Waals surface area contributed by atoms with Crippen molar-refractivity contribution in [2.24, 2.45) is 5.92 Å². The lowest BCUT2D eigenvalue weighted by Gasteiger charge is -2.22. The number of hydrogen-bond donors (Lipinski definition) is 1. The number of hydrogen-bond acceptors (Lipinski definition) is 3. The Morgan fingerprint density at radius 2 is 1.65 bits per heavy atom. The number of carbonyl (C=O) groups excluding carboxylic acids is 2. The second-order valence-electron chi connectivity index (χ2n) is 6.69. The quantitative estimate of drug-likeness (QED) is 0.785. The fraction of sp³-hybridized carbons (Fsp3) is 0.875. The highest BCUT2D eigenvalue weighted by atomic mass is 16.2. The van der Waals surface area contributed by atoms with E-state index in [1.54, 1.807) is 4.90 Å². The fourth-order valence-electron chi connectivity index (χ4n) is 4.12. The molecule has 2 saturated carbocycles. The number of amides is 2. The van der Waals surface area contributed by atoms with Crippen LogP contribution in [0.1, 0.15) is 64.2 Å². The molecule has 1 saturated heterocycles. The van der Waals surface area contributed by atoms with E-state index in [0.717, 1.165) is 44.6 Å². The fourth-order valence-corrected chi connectivity index (χ4v) is 4.12. The zero-order chi connectivity index (χ0) is 13.9. The van der Waals surface area contributed by atoms with Gasteiger partial charge >= 0.3 is 0 Å². The first-order valence-corrected chi connectivity index (χ1v) is 8.35. The molecule has 1 aliphatic heterocycles. The van der Waals surface area contributed by atoms with E-state index in [9.17, 15) is 9.59 Å². The van der Waals surface area contributed by atoms with Crippen molar-refractivity contribution < 1.29 is 9.59 Å². The van der Waals surface area contributed by atoms with Crippen LogP contribution in [0.3, 0.4) is 0 Å². The van der Waals surface area contributed by atoms with E-state index < -0.39 is 0 Å². The van der Waals surface area contributed by atoms with Gasteiger partial charge in [0.15, 0.2) is 0 Å². The summed E-state index contributed by atoms with van der Waals surface area (Å²) in [5.74, 6) is 0.911. The molecule has 1 unspecified atom stereocenters. The van der Waals surface area contributed by atoms with Gasteiger partial charge in [-0.2, -0.15) is 0 Å².